The number of aliphatic imine (C=N–C) groups is 1. The highest BCUT2D eigenvalue weighted by molar-refractivity contribution is 14.1. The van der Waals surface area contributed by atoms with Gasteiger partial charge in [0.1, 0.15) is 12.4 Å². The molecule has 0 saturated carbocycles. The Morgan fingerprint density at radius 1 is 1.06 bits per heavy atom. The Bertz CT molecular complexity index is 1260. The number of carbonyl (C=O) groups excluding carboxylic acids is 1. The summed E-state index contributed by atoms with van der Waals surface area (Å²) in [5.74, 6) is 0.684. The van der Waals surface area contributed by atoms with Crippen LogP contribution in [0.3, 0.4) is 0 Å². The van der Waals surface area contributed by atoms with E-state index < -0.39 is 0 Å². The molecule has 1 N–H and O–H groups in total. The van der Waals surface area contributed by atoms with Crippen LogP contribution in [0.1, 0.15) is 27.8 Å². The van der Waals surface area contributed by atoms with Crippen LogP contribution in [0.5, 0.6) is 5.75 Å². The second-order valence-corrected chi connectivity index (χ2v) is 10.8. The maximum atomic E-state index is 12.5. The number of nitrogens with one attached hydrogen (secondary N) is 1. The van der Waals surface area contributed by atoms with Crippen molar-refractivity contribution in [3.05, 3.63) is 95.4 Å². The zero-order valence-electron chi connectivity index (χ0n) is 18.4. The molecular formula is C26H22BrIN2O2S. The van der Waals surface area contributed by atoms with Crippen molar-refractivity contribution in [2.24, 2.45) is 4.99 Å². The fourth-order valence-electron chi connectivity index (χ4n) is 3.31. The molecule has 33 heavy (non-hydrogen) atoms. The standard InChI is InChI=1S/C26H22BrIN2O2S/c1-15-4-6-18(7-5-15)14-32-22-9-8-19(12-21(22)28)13-23-25(31)30-26(33-23)29-20-10-16(2)24(27)17(3)11-20/h4-13H,14H2,1-3H3,(H,29,30,31)/b23-13-. The Morgan fingerprint density at radius 3 is 2.42 bits per heavy atom. The first kappa shape index (κ1) is 24.0. The van der Waals surface area contributed by atoms with Gasteiger partial charge in [-0.2, -0.15) is 0 Å². The van der Waals surface area contributed by atoms with Gasteiger partial charge in [0.05, 0.1) is 14.2 Å². The largest absolute Gasteiger partial charge is 0.488 e. The third-order valence-electron chi connectivity index (χ3n) is 5.07. The van der Waals surface area contributed by atoms with Crippen molar-refractivity contribution >= 4 is 73.1 Å². The number of halogens is 2. The number of ether oxygens (including phenoxy) is 1. The van der Waals surface area contributed by atoms with Crippen molar-refractivity contribution in [2.45, 2.75) is 27.4 Å². The van der Waals surface area contributed by atoms with Gasteiger partial charge in [0, 0.05) is 4.47 Å². The molecule has 1 aliphatic rings. The van der Waals surface area contributed by atoms with E-state index >= 15 is 0 Å². The number of amides is 1. The minimum atomic E-state index is -0.140. The molecule has 0 aromatic heterocycles. The van der Waals surface area contributed by atoms with Crippen molar-refractivity contribution in [2.75, 3.05) is 0 Å². The number of aryl methyl sites for hydroxylation is 3. The molecule has 0 bridgehead atoms. The van der Waals surface area contributed by atoms with E-state index in [1.807, 2.05) is 50.3 Å². The van der Waals surface area contributed by atoms with Gasteiger partial charge in [-0.05, 0) is 108 Å². The first-order valence-electron chi connectivity index (χ1n) is 10.3. The number of carbonyl (C=O) groups is 1. The van der Waals surface area contributed by atoms with Crippen LogP contribution in [0.4, 0.5) is 5.69 Å². The molecule has 3 aromatic rings. The van der Waals surface area contributed by atoms with Crippen molar-refractivity contribution in [1.82, 2.24) is 5.32 Å². The second-order valence-electron chi connectivity index (χ2n) is 7.84. The quantitative estimate of drug-likeness (QED) is 0.235. The van der Waals surface area contributed by atoms with Crippen LogP contribution in [-0.4, -0.2) is 11.1 Å². The van der Waals surface area contributed by atoms with Crippen LogP contribution in [0.25, 0.3) is 6.08 Å². The topological polar surface area (TPSA) is 50.7 Å². The second kappa shape index (κ2) is 10.4. The molecule has 3 aromatic carbocycles. The summed E-state index contributed by atoms with van der Waals surface area (Å²) in [5.41, 5.74) is 6.34. The number of nitrogens with zero attached hydrogens (tertiary/aromatic N) is 1. The van der Waals surface area contributed by atoms with E-state index in [1.54, 1.807) is 0 Å². The number of benzene rings is 3. The van der Waals surface area contributed by atoms with Crippen molar-refractivity contribution in [3.8, 4) is 5.75 Å². The Balaban J connectivity index is 1.46. The lowest BCUT2D eigenvalue weighted by Crippen LogP contribution is -2.19. The molecule has 4 rings (SSSR count). The lowest BCUT2D eigenvalue weighted by molar-refractivity contribution is -0.115. The van der Waals surface area contributed by atoms with E-state index in [-0.39, 0.29) is 5.91 Å². The Kier molecular flexibility index (Phi) is 7.61. The Morgan fingerprint density at radius 2 is 1.76 bits per heavy atom. The number of amidine groups is 1. The lowest BCUT2D eigenvalue weighted by atomic mass is 10.1. The summed E-state index contributed by atoms with van der Waals surface area (Å²) in [6.07, 6.45) is 1.88. The van der Waals surface area contributed by atoms with Crippen LogP contribution in [0.2, 0.25) is 0 Å². The predicted octanol–water partition coefficient (Wildman–Crippen LogP) is 7.45. The summed E-state index contributed by atoms with van der Waals surface area (Å²) in [6, 6.07) is 18.2. The number of thioether (sulfide) groups is 1. The molecule has 7 heteroatoms. The van der Waals surface area contributed by atoms with Crippen molar-refractivity contribution in [3.63, 3.8) is 0 Å². The van der Waals surface area contributed by atoms with Gasteiger partial charge in [0.15, 0.2) is 5.17 Å². The van der Waals surface area contributed by atoms with Crippen LogP contribution in [0.15, 0.2) is 69.0 Å². The first-order valence-corrected chi connectivity index (χ1v) is 13.0. The Hall–Kier alpha value is -2.10. The summed E-state index contributed by atoms with van der Waals surface area (Å²) in [7, 11) is 0. The smallest absolute Gasteiger partial charge is 0.264 e. The summed E-state index contributed by atoms with van der Waals surface area (Å²) in [6.45, 7) is 6.65. The minimum absolute atomic E-state index is 0.140. The van der Waals surface area contributed by atoms with Gasteiger partial charge < -0.3 is 10.1 Å². The third kappa shape index (κ3) is 6.07. The Labute approximate surface area is 220 Å². The molecule has 0 spiro atoms. The molecule has 1 heterocycles. The van der Waals surface area contributed by atoms with Crippen LogP contribution < -0.4 is 10.1 Å². The van der Waals surface area contributed by atoms with Gasteiger partial charge in [0.25, 0.3) is 5.91 Å². The molecule has 4 nitrogen and oxygen atoms in total. The van der Waals surface area contributed by atoms with Crippen LogP contribution in [0, 0.1) is 24.3 Å². The fourth-order valence-corrected chi connectivity index (χ4v) is 5.07. The SMILES string of the molecule is Cc1ccc(COc2ccc(/C=C3\SC(=Nc4cc(C)c(Br)c(C)c4)NC3=O)cc2I)cc1. The molecule has 0 radical (unpaired) electrons. The van der Waals surface area contributed by atoms with Gasteiger partial charge in [0.2, 0.25) is 0 Å². The number of rotatable bonds is 5. The summed E-state index contributed by atoms with van der Waals surface area (Å²) >= 11 is 7.19. The first-order chi connectivity index (χ1) is 15.8. The van der Waals surface area contributed by atoms with E-state index in [1.165, 1.54) is 17.3 Å². The molecule has 0 unspecified atom stereocenters. The van der Waals surface area contributed by atoms with Crippen molar-refractivity contribution in [1.29, 1.82) is 0 Å². The van der Waals surface area contributed by atoms with Gasteiger partial charge in [-0.1, -0.05) is 51.8 Å². The minimum Gasteiger partial charge on any atom is -0.488 e. The van der Waals surface area contributed by atoms with E-state index in [2.05, 4.69) is 80.0 Å². The maximum absolute atomic E-state index is 12.5. The molecule has 0 atom stereocenters. The third-order valence-corrected chi connectivity index (χ3v) is 8.08. The number of hydrogen-bond acceptors (Lipinski definition) is 4. The van der Waals surface area contributed by atoms with E-state index in [0.717, 1.165) is 41.7 Å². The highest BCUT2D eigenvalue weighted by atomic mass is 127. The summed E-state index contributed by atoms with van der Waals surface area (Å²) < 4.78 is 8.06. The molecular weight excluding hydrogens is 611 g/mol. The zero-order valence-corrected chi connectivity index (χ0v) is 23.0. The number of hydrogen-bond donors (Lipinski definition) is 1. The average molecular weight is 633 g/mol. The van der Waals surface area contributed by atoms with E-state index in [0.29, 0.717) is 16.7 Å². The molecule has 1 saturated heterocycles. The van der Waals surface area contributed by atoms with Crippen molar-refractivity contribution < 1.29 is 9.53 Å². The molecule has 1 fully saturated rings. The van der Waals surface area contributed by atoms with Gasteiger partial charge >= 0.3 is 0 Å². The monoisotopic (exact) mass is 632 g/mol. The average Bonchev–Trinajstić information content (AvgIpc) is 3.11. The predicted molar refractivity (Wildman–Crippen MR) is 149 cm³/mol. The molecule has 0 aliphatic carbocycles. The lowest BCUT2D eigenvalue weighted by Gasteiger charge is -2.09. The molecule has 168 valence electrons. The van der Waals surface area contributed by atoms with Crippen LogP contribution in [-0.2, 0) is 11.4 Å². The maximum Gasteiger partial charge on any atom is 0.264 e. The highest BCUT2D eigenvalue weighted by Crippen LogP contribution is 2.32. The summed E-state index contributed by atoms with van der Waals surface area (Å²) in [5, 5.41) is 3.45. The normalized spacial score (nSPS) is 15.8. The molecule has 1 amide bonds. The van der Waals surface area contributed by atoms with Gasteiger partial charge in [-0.25, -0.2) is 4.99 Å². The fraction of sp³-hybridized carbons (Fsp3) is 0.154. The van der Waals surface area contributed by atoms with Crippen LogP contribution >= 0.6 is 50.3 Å². The van der Waals surface area contributed by atoms with Gasteiger partial charge in [-0.3, -0.25) is 4.79 Å². The summed E-state index contributed by atoms with van der Waals surface area (Å²) in [4.78, 5) is 17.7. The zero-order chi connectivity index (χ0) is 23.5. The van der Waals surface area contributed by atoms with E-state index in [4.69, 9.17) is 4.74 Å². The molecule has 1 aliphatic heterocycles. The highest BCUT2D eigenvalue weighted by Gasteiger charge is 2.24. The van der Waals surface area contributed by atoms with E-state index in [9.17, 15) is 4.79 Å². The van der Waals surface area contributed by atoms with Gasteiger partial charge in [-0.15, -0.1) is 0 Å².